The van der Waals surface area contributed by atoms with Gasteiger partial charge in [-0.15, -0.1) is 5.10 Å². The summed E-state index contributed by atoms with van der Waals surface area (Å²) >= 11 is 0. The van der Waals surface area contributed by atoms with Crippen molar-refractivity contribution in [2.24, 2.45) is 0 Å². The van der Waals surface area contributed by atoms with Crippen LogP contribution in [0.5, 0.6) is 23.3 Å². The van der Waals surface area contributed by atoms with E-state index in [1.54, 1.807) is 38.5 Å². The van der Waals surface area contributed by atoms with Crippen LogP contribution in [0, 0.1) is 13.8 Å². The van der Waals surface area contributed by atoms with Crippen LogP contribution in [0.15, 0.2) is 42.5 Å². The lowest BCUT2D eigenvalue weighted by molar-refractivity contribution is -0.123. The first-order chi connectivity index (χ1) is 19.3. The van der Waals surface area contributed by atoms with E-state index in [0.717, 1.165) is 11.4 Å². The first-order valence-electron chi connectivity index (χ1n) is 12.9. The number of aromatic nitrogens is 6. The Kier molecular flexibility index (Phi) is 7.41. The number of carbonyl (C=O) groups excluding carboxylic acids is 1. The molecule has 0 radical (unpaired) electrons. The van der Waals surface area contributed by atoms with E-state index < -0.39 is 6.10 Å². The van der Waals surface area contributed by atoms with Crippen molar-refractivity contribution in [3.05, 3.63) is 59.7 Å². The summed E-state index contributed by atoms with van der Waals surface area (Å²) in [4.78, 5) is 22.6. The molecule has 2 N–H and O–H groups in total. The monoisotopic (exact) mass is 545 g/mol. The standard InChI is InChI=1S/C28H31N7O5/c1-6-22(27(37)29-18-7-9-19(36)10-8-18)40-28-30-21-15-24(39-5)23(38-4)14-20(21)26-31-25(33-35(26)28)11-12-34-17(3)13-16(2)32-34/h7-10,13-15,22,36H,6,11-12H2,1-5H3,(H,29,37). The lowest BCUT2D eigenvalue weighted by Crippen LogP contribution is -2.33. The molecule has 0 aliphatic rings. The Bertz CT molecular complexity index is 1680. The number of aryl methyl sites for hydroxylation is 4. The predicted octanol–water partition coefficient (Wildman–Crippen LogP) is 3.85. The lowest BCUT2D eigenvalue weighted by atomic mass is 10.2. The van der Waals surface area contributed by atoms with Crippen LogP contribution in [0.1, 0.15) is 30.6 Å². The van der Waals surface area contributed by atoms with Gasteiger partial charge in [0.05, 0.1) is 25.4 Å². The number of hydrogen-bond acceptors (Lipinski definition) is 9. The minimum Gasteiger partial charge on any atom is -0.508 e. The van der Waals surface area contributed by atoms with E-state index in [1.807, 2.05) is 31.5 Å². The normalized spacial score (nSPS) is 12.0. The number of anilines is 1. The number of rotatable bonds is 10. The first-order valence-corrected chi connectivity index (χ1v) is 12.9. The molecule has 0 saturated carbocycles. The van der Waals surface area contributed by atoms with Gasteiger partial charge in [-0.2, -0.15) is 14.6 Å². The molecular weight excluding hydrogens is 514 g/mol. The van der Waals surface area contributed by atoms with Crippen molar-refractivity contribution in [2.75, 3.05) is 19.5 Å². The SMILES string of the molecule is CCC(Oc1nc2cc(OC)c(OC)cc2c2nc(CCn3nc(C)cc3C)nn12)C(=O)Nc1ccc(O)cc1. The van der Waals surface area contributed by atoms with Gasteiger partial charge in [0, 0.05) is 35.8 Å². The van der Waals surface area contributed by atoms with E-state index in [2.05, 4.69) is 10.4 Å². The number of hydrogen-bond donors (Lipinski definition) is 2. The van der Waals surface area contributed by atoms with Crippen molar-refractivity contribution < 1.29 is 24.1 Å². The summed E-state index contributed by atoms with van der Waals surface area (Å²) in [5, 5.41) is 22.3. The molecule has 12 nitrogen and oxygen atoms in total. The van der Waals surface area contributed by atoms with Gasteiger partial charge in [-0.1, -0.05) is 6.92 Å². The molecule has 40 heavy (non-hydrogen) atoms. The fourth-order valence-electron chi connectivity index (χ4n) is 4.46. The number of fused-ring (bicyclic) bond motifs is 3. The van der Waals surface area contributed by atoms with Gasteiger partial charge in [0.2, 0.25) is 0 Å². The van der Waals surface area contributed by atoms with Crippen LogP contribution in [0.3, 0.4) is 0 Å². The van der Waals surface area contributed by atoms with Gasteiger partial charge >= 0.3 is 6.01 Å². The van der Waals surface area contributed by atoms with Crippen molar-refractivity contribution >= 4 is 28.1 Å². The summed E-state index contributed by atoms with van der Waals surface area (Å²) in [6.45, 7) is 6.40. The number of carbonyl (C=O) groups is 1. The Labute approximate surface area is 230 Å². The van der Waals surface area contributed by atoms with Gasteiger partial charge in [-0.3, -0.25) is 9.48 Å². The number of aromatic hydroxyl groups is 1. The van der Waals surface area contributed by atoms with Gasteiger partial charge < -0.3 is 24.6 Å². The highest BCUT2D eigenvalue weighted by molar-refractivity contribution is 5.95. The molecule has 3 heterocycles. The first kappa shape index (κ1) is 26.7. The molecule has 2 aromatic carbocycles. The Morgan fingerprint density at radius 3 is 2.40 bits per heavy atom. The molecule has 0 spiro atoms. The fourth-order valence-corrected chi connectivity index (χ4v) is 4.46. The van der Waals surface area contributed by atoms with Crippen LogP contribution < -0.4 is 19.5 Å². The predicted molar refractivity (Wildman–Crippen MR) is 148 cm³/mol. The smallest absolute Gasteiger partial charge is 0.320 e. The number of ether oxygens (including phenoxy) is 3. The number of phenolic OH excluding ortho intramolecular Hbond substituents is 1. The van der Waals surface area contributed by atoms with Crippen molar-refractivity contribution in [1.29, 1.82) is 0 Å². The zero-order valence-corrected chi connectivity index (χ0v) is 23.0. The molecule has 3 aromatic heterocycles. The minimum atomic E-state index is -0.871. The number of phenols is 1. The highest BCUT2D eigenvalue weighted by Gasteiger charge is 2.24. The summed E-state index contributed by atoms with van der Waals surface area (Å²) in [5.41, 5.74) is 3.60. The molecule has 1 amide bonds. The maximum absolute atomic E-state index is 13.1. The molecule has 0 aliphatic heterocycles. The van der Waals surface area contributed by atoms with Crippen LogP contribution >= 0.6 is 0 Å². The van der Waals surface area contributed by atoms with E-state index in [1.165, 1.54) is 16.6 Å². The Morgan fingerprint density at radius 2 is 1.75 bits per heavy atom. The maximum atomic E-state index is 13.1. The third kappa shape index (κ3) is 5.33. The average molecular weight is 546 g/mol. The molecule has 208 valence electrons. The van der Waals surface area contributed by atoms with E-state index >= 15 is 0 Å². The summed E-state index contributed by atoms with van der Waals surface area (Å²) < 4.78 is 20.6. The molecule has 1 atom stereocenters. The summed E-state index contributed by atoms with van der Waals surface area (Å²) in [6.07, 6.45) is 0.0249. The van der Waals surface area contributed by atoms with Crippen LogP contribution in [0.4, 0.5) is 5.69 Å². The molecule has 1 unspecified atom stereocenters. The van der Waals surface area contributed by atoms with Gasteiger partial charge in [-0.25, -0.2) is 4.98 Å². The number of amides is 1. The van der Waals surface area contributed by atoms with E-state index in [4.69, 9.17) is 29.3 Å². The number of nitrogens with zero attached hydrogens (tertiary/aromatic N) is 6. The Hall–Kier alpha value is -4.87. The molecule has 0 aliphatic carbocycles. The van der Waals surface area contributed by atoms with Crippen LogP contribution in [-0.2, 0) is 17.8 Å². The lowest BCUT2D eigenvalue weighted by Gasteiger charge is -2.17. The number of nitrogens with one attached hydrogen (secondary N) is 1. The van der Waals surface area contributed by atoms with Crippen LogP contribution in [-0.4, -0.2) is 60.7 Å². The van der Waals surface area contributed by atoms with Gasteiger partial charge in [0.1, 0.15) is 5.75 Å². The molecule has 5 aromatic rings. The largest absolute Gasteiger partial charge is 0.508 e. The summed E-state index contributed by atoms with van der Waals surface area (Å²) in [7, 11) is 3.11. The molecular formula is C28H31N7O5. The van der Waals surface area contributed by atoms with Gasteiger partial charge in [-0.05, 0) is 56.7 Å². The quantitative estimate of drug-likeness (QED) is 0.251. The average Bonchev–Trinajstić information content (AvgIpc) is 3.52. The second kappa shape index (κ2) is 11.1. The number of methoxy groups -OCH3 is 2. The third-order valence-corrected chi connectivity index (χ3v) is 6.49. The van der Waals surface area contributed by atoms with E-state index in [-0.39, 0.29) is 17.7 Å². The highest BCUT2D eigenvalue weighted by Crippen LogP contribution is 2.34. The zero-order valence-electron chi connectivity index (χ0n) is 23.0. The maximum Gasteiger partial charge on any atom is 0.320 e. The Balaban J connectivity index is 1.53. The van der Waals surface area contributed by atoms with Crippen molar-refractivity contribution in [2.45, 2.75) is 46.3 Å². The fraction of sp³-hybridized carbons (Fsp3) is 0.321. The molecule has 0 saturated heterocycles. The molecule has 0 fully saturated rings. The van der Waals surface area contributed by atoms with Gasteiger partial charge in [0.15, 0.2) is 29.1 Å². The Morgan fingerprint density at radius 1 is 1.02 bits per heavy atom. The van der Waals surface area contributed by atoms with Crippen molar-refractivity contribution in [3.8, 4) is 23.3 Å². The second-order valence-corrected chi connectivity index (χ2v) is 9.33. The van der Waals surface area contributed by atoms with E-state index in [0.29, 0.717) is 58.9 Å². The van der Waals surface area contributed by atoms with E-state index in [9.17, 15) is 9.90 Å². The highest BCUT2D eigenvalue weighted by atomic mass is 16.5. The summed E-state index contributed by atoms with van der Waals surface area (Å²) in [5.74, 6) is 1.35. The molecule has 12 heteroatoms. The minimum absolute atomic E-state index is 0.107. The molecule has 5 rings (SSSR count). The second-order valence-electron chi connectivity index (χ2n) is 9.33. The van der Waals surface area contributed by atoms with Gasteiger partial charge in [0.25, 0.3) is 5.91 Å². The van der Waals surface area contributed by atoms with Crippen molar-refractivity contribution in [3.63, 3.8) is 0 Å². The number of benzene rings is 2. The summed E-state index contributed by atoms with van der Waals surface area (Å²) in [6, 6.07) is 11.9. The zero-order chi connectivity index (χ0) is 28.4. The molecule has 0 bridgehead atoms. The van der Waals surface area contributed by atoms with Crippen molar-refractivity contribution in [1.82, 2.24) is 29.4 Å². The third-order valence-electron chi connectivity index (χ3n) is 6.49. The van der Waals surface area contributed by atoms with Crippen LogP contribution in [0.2, 0.25) is 0 Å². The van der Waals surface area contributed by atoms with Crippen LogP contribution in [0.25, 0.3) is 16.6 Å². The topological polar surface area (TPSA) is 138 Å².